The number of nitrogens with zero attached hydrogens (tertiary/aromatic N) is 1. The average molecular weight is 379 g/mol. The monoisotopic (exact) mass is 378 g/mol. The highest BCUT2D eigenvalue weighted by Gasteiger charge is 2.29. The van der Waals surface area contributed by atoms with E-state index >= 15 is 0 Å². The van der Waals surface area contributed by atoms with E-state index in [9.17, 15) is 0 Å². The molecule has 0 amide bonds. The summed E-state index contributed by atoms with van der Waals surface area (Å²) >= 11 is 0. The van der Waals surface area contributed by atoms with Gasteiger partial charge in [-0.1, -0.05) is 61.4 Å². The van der Waals surface area contributed by atoms with Gasteiger partial charge in [-0.15, -0.1) is 0 Å². The number of anilines is 1. The summed E-state index contributed by atoms with van der Waals surface area (Å²) in [4.78, 5) is 2.68. The smallest absolute Gasteiger partial charge is 0.0707 e. The van der Waals surface area contributed by atoms with Crippen molar-refractivity contribution >= 4 is 5.69 Å². The third-order valence-electron chi connectivity index (χ3n) is 6.60. The Morgan fingerprint density at radius 1 is 1.07 bits per heavy atom. The first-order chi connectivity index (χ1) is 13.5. The number of allylic oxidation sites excluding steroid dienone is 2. The van der Waals surface area contributed by atoms with E-state index in [1.54, 1.807) is 5.57 Å². The molecule has 1 aromatic carbocycles. The molecule has 2 heteroatoms. The van der Waals surface area contributed by atoms with E-state index < -0.39 is 0 Å². The molecular formula is C26H38N2. The predicted molar refractivity (Wildman–Crippen MR) is 123 cm³/mol. The quantitative estimate of drug-likeness (QED) is 0.549. The number of para-hydroxylation sites is 1. The van der Waals surface area contributed by atoms with E-state index in [-0.39, 0.29) is 0 Å². The minimum atomic E-state index is 0.308. The highest BCUT2D eigenvalue weighted by atomic mass is 15.2. The fourth-order valence-corrected chi connectivity index (χ4v) is 4.82. The summed E-state index contributed by atoms with van der Waals surface area (Å²) in [6, 6.07) is 6.80. The first-order valence-electron chi connectivity index (χ1n) is 11.1. The second-order valence-electron chi connectivity index (χ2n) is 8.87. The Balaban J connectivity index is 1.85. The summed E-state index contributed by atoms with van der Waals surface area (Å²) < 4.78 is 0. The van der Waals surface area contributed by atoms with Crippen LogP contribution < -0.4 is 5.32 Å². The lowest BCUT2D eigenvalue weighted by atomic mass is 9.82. The molecule has 1 fully saturated rings. The van der Waals surface area contributed by atoms with Crippen molar-refractivity contribution in [1.29, 1.82) is 0 Å². The SMILES string of the molecule is C=C(C)C1CC=C(C(C(=C)Nc2c(C)cccc2C)N2CCCCCC2)CC1. The molecule has 1 aliphatic heterocycles. The summed E-state index contributed by atoms with van der Waals surface area (Å²) in [5.74, 6) is 0.647. The van der Waals surface area contributed by atoms with Crippen LogP contribution in [0.4, 0.5) is 5.69 Å². The molecule has 1 aromatic rings. The summed E-state index contributed by atoms with van der Waals surface area (Å²) in [5.41, 5.74) is 7.83. The number of hydrogen-bond donors (Lipinski definition) is 1. The fourth-order valence-electron chi connectivity index (χ4n) is 4.82. The van der Waals surface area contributed by atoms with E-state index in [2.05, 4.69) is 68.4 Å². The molecule has 1 aliphatic carbocycles. The Morgan fingerprint density at radius 2 is 1.71 bits per heavy atom. The zero-order valence-corrected chi connectivity index (χ0v) is 18.2. The zero-order chi connectivity index (χ0) is 20.1. The van der Waals surface area contributed by atoms with Gasteiger partial charge in [0.05, 0.1) is 6.04 Å². The van der Waals surface area contributed by atoms with Gasteiger partial charge in [-0.2, -0.15) is 0 Å². The Hall–Kier alpha value is -1.80. The zero-order valence-electron chi connectivity index (χ0n) is 18.2. The molecule has 0 saturated carbocycles. The van der Waals surface area contributed by atoms with Crippen LogP contribution in [-0.2, 0) is 0 Å². The molecule has 1 N–H and O–H groups in total. The van der Waals surface area contributed by atoms with Gasteiger partial charge in [-0.3, -0.25) is 4.90 Å². The predicted octanol–water partition coefficient (Wildman–Crippen LogP) is 6.78. The van der Waals surface area contributed by atoms with Gasteiger partial charge in [-0.25, -0.2) is 0 Å². The van der Waals surface area contributed by atoms with Gasteiger partial charge >= 0.3 is 0 Å². The van der Waals surface area contributed by atoms with E-state index in [0.29, 0.717) is 12.0 Å². The highest BCUT2D eigenvalue weighted by molar-refractivity contribution is 5.60. The highest BCUT2D eigenvalue weighted by Crippen LogP contribution is 2.34. The third kappa shape index (κ3) is 4.97. The van der Waals surface area contributed by atoms with Crippen LogP contribution in [0.15, 0.2) is 54.3 Å². The molecule has 1 heterocycles. The van der Waals surface area contributed by atoms with Gasteiger partial charge in [0.15, 0.2) is 0 Å². The van der Waals surface area contributed by atoms with Crippen LogP contribution in [0.2, 0.25) is 0 Å². The molecule has 2 nitrogen and oxygen atoms in total. The van der Waals surface area contributed by atoms with Crippen molar-refractivity contribution in [2.45, 2.75) is 71.8 Å². The minimum absolute atomic E-state index is 0.308. The van der Waals surface area contributed by atoms with E-state index in [1.807, 2.05) is 0 Å². The second kappa shape index (κ2) is 9.60. The number of likely N-dealkylation sites (tertiary alicyclic amines) is 1. The Bertz CT molecular complexity index is 715. The molecule has 0 spiro atoms. The minimum Gasteiger partial charge on any atom is -0.357 e. The summed E-state index contributed by atoms with van der Waals surface area (Å²) in [6.45, 7) is 17.6. The largest absolute Gasteiger partial charge is 0.357 e. The van der Waals surface area contributed by atoms with Gasteiger partial charge in [0.1, 0.15) is 0 Å². The Labute approximate surface area is 172 Å². The molecule has 152 valence electrons. The van der Waals surface area contributed by atoms with Crippen molar-refractivity contribution in [3.63, 3.8) is 0 Å². The molecule has 1 saturated heterocycles. The molecular weight excluding hydrogens is 340 g/mol. The first kappa shape index (κ1) is 20.9. The van der Waals surface area contributed by atoms with Gasteiger partial charge < -0.3 is 5.32 Å². The standard InChI is InChI=1S/C26H38N2/c1-19(2)23-13-15-24(16-14-23)26(28-17-8-6-7-9-18-28)22(5)27-25-20(3)11-10-12-21(25)4/h10-12,15,23,26-27H,1,5-9,13-14,16-18H2,2-4H3. The molecule has 3 rings (SSSR count). The van der Waals surface area contributed by atoms with Gasteiger partial charge in [0.25, 0.3) is 0 Å². The van der Waals surface area contributed by atoms with Crippen molar-refractivity contribution in [3.05, 3.63) is 65.4 Å². The number of aryl methyl sites for hydroxylation is 2. The Kier molecular flexibility index (Phi) is 7.18. The van der Waals surface area contributed by atoms with E-state index in [1.165, 1.54) is 67.6 Å². The van der Waals surface area contributed by atoms with Crippen molar-refractivity contribution in [2.24, 2.45) is 5.92 Å². The molecule has 0 radical (unpaired) electrons. The van der Waals surface area contributed by atoms with Crippen molar-refractivity contribution in [2.75, 3.05) is 18.4 Å². The number of hydrogen-bond acceptors (Lipinski definition) is 2. The van der Waals surface area contributed by atoms with E-state index in [0.717, 1.165) is 18.5 Å². The number of benzene rings is 1. The second-order valence-corrected chi connectivity index (χ2v) is 8.87. The van der Waals surface area contributed by atoms with Crippen LogP contribution in [0, 0.1) is 19.8 Å². The van der Waals surface area contributed by atoms with Crippen molar-refractivity contribution in [1.82, 2.24) is 4.90 Å². The summed E-state index contributed by atoms with van der Waals surface area (Å²) in [6.07, 6.45) is 11.3. The van der Waals surface area contributed by atoms with Crippen LogP contribution in [0.3, 0.4) is 0 Å². The van der Waals surface area contributed by atoms with Gasteiger partial charge in [-0.05, 0) is 83.0 Å². The lowest BCUT2D eigenvalue weighted by Gasteiger charge is -2.37. The van der Waals surface area contributed by atoms with Crippen molar-refractivity contribution < 1.29 is 0 Å². The van der Waals surface area contributed by atoms with Crippen molar-refractivity contribution in [3.8, 4) is 0 Å². The molecule has 28 heavy (non-hydrogen) atoms. The summed E-state index contributed by atoms with van der Waals surface area (Å²) in [5, 5.41) is 3.73. The maximum absolute atomic E-state index is 4.56. The van der Waals surface area contributed by atoms with Gasteiger partial charge in [0, 0.05) is 11.4 Å². The third-order valence-corrected chi connectivity index (χ3v) is 6.60. The topological polar surface area (TPSA) is 15.3 Å². The van der Waals surface area contributed by atoms with Crippen LogP contribution >= 0.6 is 0 Å². The fraction of sp³-hybridized carbons (Fsp3) is 0.538. The van der Waals surface area contributed by atoms with Crippen LogP contribution in [-0.4, -0.2) is 24.0 Å². The average Bonchev–Trinajstić information content (AvgIpc) is 2.95. The maximum Gasteiger partial charge on any atom is 0.0707 e. The number of rotatable bonds is 6. The van der Waals surface area contributed by atoms with Crippen LogP contribution in [0.1, 0.15) is 63.0 Å². The molecule has 0 bridgehead atoms. The van der Waals surface area contributed by atoms with Gasteiger partial charge in [0.2, 0.25) is 0 Å². The Morgan fingerprint density at radius 3 is 2.25 bits per heavy atom. The molecule has 0 aromatic heterocycles. The molecule has 2 aliphatic rings. The summed E-state index contributed by atoms with van der Waals surface area (Å²) in [7, 11) is 0. The lowest BCUT2D eigenvalue weighted by molar-refractivity contribution is 0.247. The van der Waals surface area contributed by atoms with E-state index in [4.69, 9.17) is 0 Å². The molecule has 2 unspecified atom stereocenters. The molecule has 2 atom stereocenters. The number of nitrogens with one attached hydrogen (secondary N) is 1. The first-order valence-corrected chi connectivity index (χ1v) is 11.1. The van der Waals surface area contributed by atoms with Crippen LogP contribution in [0.25, 0.3) is 0 Å². The van der Waals surface area contributed by atoms with Crippen LogP contribution in [0.5, 0.6) is 0 Å². The maximum atomic E-state index is 4.56. The normalized spacial score (nSPS) is 22.1. The lowest BCUT2D eigenvalue weighted by Crippen LogP contribution is -2.41.